The maximum absolute atomic E-state index is 12.3. The summed E-state index contributed by atoms with van der Waals surface area (Å²) in [5.41, 5.74) is 0.783. The molecule has 0 atom stereocenters. The van der Waals surface area contributed by atoms with E-state index in [0.29, 0.717) is 11.2 Å². The molecule has 2 heterocycles. The molecule has 0 unspecified atom stereocenters. The van der Waals surface area contributed by atoms with Crippen LogP contribution in [0.25, 0.3) is 0 Å². The van der Waals surface area contributed by atoms with E-state index in [1.165, 1.54) is 11.8 Å². The molecular formula is C16H15BrN4OS2. The molecule has 3 aromatic rings. The van der Waals surface area contributed by atoms with Crippen LogP contribution in [0, 0.1) is 0 Å². The summed E-state index contributed by atoms with van der Waals surface area (Å²) < 4.78 is 2.38. The first kappa shape index (κ1) is 17.2. The molecule has 0 radical (unpaired) electrons. The predicted octanol–water partition coefficient (Wildman–Crippen LogP) is 4.45. The van der Waals surface area contributed by atoms with E-state index < -0.39 is 0 Å². The first-order valence-electron chi connectivity index (χ1n) is 7.35. The number of nitrogens with one attached hydrogen (secondary N) is 1. The highest BCUT2D eigenvalue weighted by Crippen LogP contribution is 2.33. The van der Waals surface area contributed by atoms with Gasteiger partial charge >= 0.3 is 0 Å². The highest BCUT2D eigenvalue weighted by Gasteiger charge is 2.13. The van der Waals surface area contributed by atoms with Gasteiger partial charge in [0.25, 0.3) is 0 Å². The lowest BCUT2D eigenvalue weighted by Gasteiger charge is -2.10. The van der Waals surface area contributed by atoms with Crippen LogP contribution in [-0.4, -0.2) is 20.7 Å². The average molecular weight is 423 g/mol. The Kier molecular flexibility index (Phi) is 5.70. The summed E-state index contributed by atoms with van der Waals surface area (Å²) in [4.78, 5) is 18.6. The van der Waals surface area contributed by atoms with Crippen molar-refractivity contribution in [2.75, 3.05) is 5.32 Å². The number of hydrogen-bond donors (Lipinski definition) is 1. The highest BCUT2D eigenvalue weighted by molar-refractivity contribution is 9.10. The summed E-state index contributed by atoms with van der Waals surface area (Å²) in [6.07, 6.45) is 0.382. The van der Waals surface area contributed by atoms with Gasteiger partial charge in [0.15, 0.2) is 5.16 Å². The highest BCUT2D eigenvalue weighted by atomic mass is 79.9. The molecule has 0 saturated carbocycles. The number of carbonyl (C=O) groups excluding carboxylic acids is 1. The fourth-order valence-corrected chi connectivity index (χ4v) is 4.27. The molecule has 2 aromatic heterocycles. The quantitative estimate of drug-likeness (QED) is 0.636. The van der Waals surface area contributed by atoms with E-state index in [9.17, 15) is 4.79 Å². The fraction of sp³-hybridized carbons (Fsp3) is 0.188. The van der Waals surface area contributed by atoms with E-state index in [0.717, 1.165) is 27.2 Å². The third kappa shape index (κ3) is 4.25. The van der Waals surface area contributed by atoms with E-state index in [1.807, 2.05) is 53.4 Å². The average Bonchev–Trinajstić information content (AvgIpc) is 3.18. The van der Waals surface area contributed by atoms with Gasteiger partial charge in [-0.3, -0.25) is 4.79 Å². The molecular weight excluding hydrogens is 408 g/mol. The monoisotopic (exact) mass is 422 g/mol. The number of thiophene rings is 1. The van der Waals surface area contributed by atoms with E-state index in [2.05, 4.69) is 31.3 Å². The summed E-state index contributed by atoms with van der Waals surface area (Å²) in [6, 6.07) is 11.6. The van der Waals surface area contributed by atoms with Gasteiger partial charge in [-0.05, 0) is 58.2 Å². The van der Waals surface area contributed by atoms with Crippen molar-refractivity contribution in [2.24, 2.45) is 0 Å². The van der Waals surface area contributed by atoms with Gasteiger partial charge in [-0.2, -0.15) is 4.98 Å². The number of nitrogens with zero attached hydrogens (tertiary/aromatic N) is 3. The molecule has 0 aliphatic carbocycles. The van der Waals surface area contributed by atoms with E-state index in [4.69, 9.17) is 0 Å². The zero-order chi connectivity index (χ0) is 16.9. The Morgan fingerprint density at radius 1 is 1.33 bits per heavy atom. The van der Waals surface area contributed by atoms with Crippen molar-refractivity contribution in [3.8, 4) is 0 Å². The second-order valence-corrected chi connectivity index (χ2v) is 7.63. The SMILES string of the molecule is CCn1nc(Br)nc1Sc1ccccc1NC(=O)Cc1cccs1. The van der Waals surface area contributed by atoms with Crippen LogP contribution in [0.4, 0.5) is 5.69 Å². The first-order valence-corrected chi connectivity index (χ1v) is 9.84. The fourth-order valence-electron chi connectivity index (χ4n) is 2.11. The lowest BCUT2D eigenvalue weighted by Crippen LogP contribution is -2.14. The van der Waals surface area contributed by atoms with Crippen molar-refractivity contribution in [2.45, 2.75) is 29.9 Å². The van der Waals surface area contributed by atoms with Crippen molar-refractivity contribution in [1.82, 2.24) is 14.8 Å². The van der Waals surface area contributed by atoms with Crippen LogP contribution >= 0.6 is 39.0 Å². The Balaban J connectivity index is 1.76. The van der Waals surface area contributed by atoms with Gasteiger partial charge in [0.2, 0.25) is 10.6 Å². The minimum absolute atomic E-state index is 0.0244. The number of aryl methyl sites for hydroxylation is 1. The summed E-state index contributed by atoms with van der Waals surface area (Å²) >= 11 is 6.37. The number of rotatable bonds is 6. The first-order chi connectivity index (χ1) is 11.7. The van der Waals surface area contributed by atoms with E-state index in [-0.39, 0.29) is 5.91 Å². The second kappa shape index (κ2) is 7.96. The number of anilines is 1. The van der Waals surface area contributed by atoms with Gasteiger partial charge in [-0.15, -0.1) is 16.4 Å². The molecule has 8 heteroatoms. The van der Waals surface area contributed by atoms with Gasteiger partial charge in [0.05, 0.1) is 12.1 Å². The van der Waals surface area contributed by atoms with Crippen LogP contribution in [0.15, 0.2) is 56.6 Å². The summed E-state index contributed by atoms with van der Waals surface area (Å²) in [5, 5.41) is 10.0. The Hall–Kier alpha value is -1.64. The minimum Gasteiger partial charge on any atom is -0.325 e. The number of benzene rings is 1. The van der Waals surface area contributed by atoms with E-state index >= 15 is 0 Å². The van der Waals surface area contributed by atoms with Gasteiger partial charge in [0, 0.05) is 16.3 Å². The van der Waals surface area contributed by atoms with Gasteiger partial charge in [-0.25, -0.2) is 4.68 Å². The maximum atomic E-state index is 12.3. The van der Waals surface area contributed by atoms with Crippen molar-refractivity contribution in [3.05, 3.63) is 51.4 Å². The maximum Gasteiger partial charge on any atom is 0.229 e. The van der Waals surface area contributed by atoms with Crippen molar-refractivity contribution >= 4 is 50.6 Å². The van der Waals surface area contributed by atoms with Crippen molar-refractivity contribution in [1.29, 1.82) is 0 Å². The number of carbonyl (C=O) groups is 1. The number of amides is 1. The molecule has 0 spiro atoms. The second-order valence-electron chi connectivity index (χ2n) is 4.88. The third-order valence-corrected chi connectivity index (χ3v) is 5.46. The lowest BCUT2D eigenvalue weighted by molar-refractivity contribution is -0.115. The molecule has 5 nitrogen and oxygen atoms in total. The molecule has 0 aliphatic heterocycles. The van der Waals surface area contributed by atoms with Crippen LogP contribution in [0.5, 0.6) is 0 Å². The molecule has 124 valence electrons. The van der Waals surface area contributed by atoms with Crippen LogP contribution in [0.2, 0.25) is 0 Å². The lowest BCUT2D eigenvalue weighted by atomic mass is 10.3. The Bertz CT molecular complexity index is 832. The Labute approximate surface area is 156 Å². The zero-order valence-corrected chi connectivity index (χ0v) is 16.1. The Morgan fingerprint density at radius 3 is 2.92 bits per heavy atom. The smallest absolute Gasteiger partial charge is 0.229 e. The van der Waals surface area contributed by atoms with Gasteiger partial charge in [0.1, 0.15) is 0 Å². The number of hydrogen-bond acceptors (Lipinski definition) is 5. The van der Waals surface area contributed by atoms with Crippen LogP contribution in [0.1, 0.15) is 11.8 Å². The molecule has 0 fully saturated rings. The number of para-hydroxylation sites is 1. The van der Waals surface area contributed by atoms with Crippen molar-refractivity contribution < 1.29 is 4.79 Å². The molecule has 1 amide bonds. The summed E-state index contributed by atoms with van der Waals surface area (Å²) in [7, 11) is 0. The summed E-state index contributed by atoms with van der Waals surface area (Å²) in [6.45, 7) is 2.74. The molecule has 1 N–H and O–H groups in total. The topological polar surface area (TPSA) is 59.8 Å². The van der Waals surface area contributed by atoms with Gasteiger partial charge < -0.3 is 5.32 Å². The molecule has 0 aliphatic rings. The predicted molar refractivity (Wildman–Crippen MR) is 101 cm³/mol. The minimum atomic E-state index is -0.0244. The summed E-state index contributed by atoms with van der Waals surface area (Å²) in [5.74, 6) is -0.0244. The van der Waals surface area contributed by atoms with Crippen LogP contribution in [-0.2, 0) is 17.8 Å². The number of halogens is 1. The zero-order valence-electron chi connectivity index (χ0n) is 12.9. The molecule has 24 heavy (non-hydrogen) atoms. The number of aromatic nitrogens is 3. The largest absolute Gasteiger partial charge is 0.325 e. The molecule has 1 aromatic carbocycles. The van der Waals surface area contributed by atoms with Crippen molar-refractivity contribution in [3.63, 3.8) is 0 Å². The molecule has 3 rings (SSSR count). The molecule has 0 bridgehead atoms. The van der Waals surface area contributed by atoms with E-state index in [1.54, 1.807) is 11.3 Å². The Morgan fingerprint density at radius 2 is 2.17 bits per heavy atom. The molecule has 0 saturated heterocycles. The van der Waals surface area contributed by atoms with Crippen LogP contribution < -0.4 is 5.32 Å². The third-order valence-electron chi connectivity index (χ3n) is 3.19. The normalized spacial score (nSPS) is 10.8. The van der Waals surface area contributed by atoms with Crippen LogP contribution in [0.3, 0.4) is 0 Å². The van der Waals surface area contributed by atoms with Gasteiger partial charge in [-0.1, -0.05) is 18.2 Å². The standard InChI is InChI=1S/C16H15BrN4OS2/c1-2-21-16(19-15(17)20-21)24-13-8-4-3-7-12(13)18-14(22)10-11-6-5-9-23-11/h3-9H,2,10H2,1H3,(H,18,22).